The predicted octanol–water partition coefficient (Wildman–Crippen LogP) is 4.66. The van der Waals surface area contributed by atoms with Crippen molar-refractivity contribution >= 4 is 24.0 Å². The van der Waals surface area contributed by atoms with E-state index in [2.05, 4.69) is 15.8 Å². The minimum absolute atomic E-state index is 0.0956. The monoisotopic (exact) mass is 501 g/mol. The lowest BCUT2D eigenvalue weighted by Gasteiger charge is -2.10. The highest BCUT2D eigenvalue weighted by atomic mass is 16.6. The Labute approximate surface area is 216 Å². The number of nitrogens with zero attached hydrogens (tertiary/aromatic N) is 1. The number of hydrazone groups is 1. The smallest absolute Gasteiger partial charge is 0.343 e. The molecule has 0 saturated heterocycles. The second-order valence-corrected chi connectivity index (χ2v) is 8.39. The third kappa shape index (κ3) is 8.92. The molecule has 0 heterocycles. The second kappa shape index (κ2) is 14.2. The Kier molecular flexibility index (Phi) is 10.4. The van der Waals surface area contributed by atoms with Crippen molar-refractivity contribution in [1.29, 1.82) is 0 Å². The van der Waals surface area contributed by atoms with E-state index in [-0.39, 0.29) is 17.6 Å². The van der Waals surface area contributed by atoms with Crippen molar-refractivity contribution in [3.63, 3.8) is 0 Å². The van der Waals surface area contributed by atoms with Gasteiger partial charge in [0.1, 0.15) is 0 Å². The Morgan fingerprint density at radius 3 is 2.35 bits per heavy atom. The molecular formula is C29H31N3O5. The Bertz CT molecular complexity index is 1220. The number of nitrogens with one attached hydrogen (secondary N) is 2. The first-order valence-electron chi connectivity index (χ1n) is 12.1. The fourth-order valence-corrected chi connectivity index (χ4v) is 3.41. The van der Waals surface area contributed by atoms with E-state index in [1.165, 1.54) is 13.3 Å². The van der Waals surface area contributed by atoms with Crippen LogP contribution in [0.5, 0.6) is 11.5 Å². The lowest BCUT2D eigenvalue weighted by atomic mass is 10.1. The van der Waals surface area contributed by atoms with Gasteiger partial charge in [-0.2, -0.15) is 5.10 Å². The molecule has 3 rings (SSSR count). The summed E-state index contributed by atoms with van der Waals surface area (Å²) in [5.74, 6) is -0.114. The standard InChI is InChI=1S/C29H31N3O5/c1-21-12-15-24(16-13-21)29(35)37-25-17-14-22(19-26(25)36-2)20-31-32-27(33)11-7-4-8-18-30-28(34)23-9-5-3-6-10-23/h3,5-6,9-10,12-17,19-20H,4,7-8,11,18H2,1-2H3,(H,30,34)(H,32,33). The van der Waals surface area contributed by atoms with Crippen molar-refractivity contribution in [2.75, 3.05) is 13.7 Å². The minimum Gasteiger partial charge on any atom is -0.493 e. The first-order valence-corrected chi connectivity index (χ1v) is 12.1. The SMILES string of the molecule is COc1cc(C=NNC(=O)CCCCCNC(=O)c2ccccc2)ccc1OC(=O)c1ccc(C)cc1. The van der Waals surface area contributed by atoms with Crippen LogP contribution in [0.3, 0.4) is 0 Å². The van der Waals surface area contributed by atoms with E-state index in [4.69, 9.17) is 9.47 Å². The van der Waals surface area contributed by atoms with Gasteiger partial charge in [-0.05, 0) is 67.8 Å². The van der Waals surface area contributed by atoms with Gasteiger partial charge in [0.15, 0.2) is 11.5 Å². The number of unbranched alkanes of at least 4 members (excludes halogenated alkanes) is 2. The van der Waals surface area contributed by atoms with E-state index in [1.807, 2.05) is 37.3 Å². The molecular weight excluding hydrogens is 470 g/mol. The summed E-state index contributed by atoms with van der Waals surface area (Å²) in [4.78, 5) is 36.4. The number of aryl methyl sites for hydroxylation is 1. The number of benzene rings is 3. The molecule has 0 aliphatic carbocycles. The molecule has 8 nitrogen and oxygen atoms in total. The van der Waals surface area contributed by atoms with Crippen LogP contribution in [-0.4, -0.2) is 37.7 Å². The van der Waals surface area contributed by atoms with Crippen molar-refractivity contribution in [2.45, 2.75) is 32.6 Å². The maximum Gasteiger partial charge on any atom is 0.343 e. The van der Waals surface area contributed by atoms with Gasteiger partial charge in [-0.3, -0.25) is 9.59 Å². The number of methoxy groups -OCH3 is 1. The third-order valence-electron chi connectivity index (χ3n) is 5.48. The van der Waals surface area contributed by atoms with Gasteiger partial charge in [0.05, 0.1) is 18.9 Å². The predicted molar refractivity (Wildman–Crippen MR) is 142 cm³/mol. The fraction of sp³-hybridized carbons (Fsp3) is 0.241. The van der Waals surface area contributed by atoms with Crippen LogP contribution < -0.4 is 20.2 Å². The van der Waals surface area contributed by atoms with E-state index < -0.39 is 5.97 Å². The molecule has 0 spiro atoms. The van der Waals surface area contributed by atoms with E-state index >= 15 is 0 Å². The van der Waals surface area contributed by atoms with Crippen LogP contribution in [0, 0.1) is 6.92 Å². The molecule has 0 unspecified atom stereocenters. The van der Waals surface area contributed by atoms with Gasteiger partial charge in [-0.1, -0.05) is 42.3 Å². The number of amides is 2. The molecule has 37 heavy (non-hydrogen) atoms. The molecule has 0 aliphatic heterocycles. The number of carbonyl (C=O) groups excluding carboxylic acids is 3. The van der Waals surface area contributed by atoms with E-state index in [1.54, 1.807) is 42.5 Å². The number of rotatable bonds is 12. The molecule has 2 N–H and O–H groups in total. The highest BCUT2D eigenvalue weighted by Crippen LogP contribution is 2.28. The van der Waals surface area contributed by atoms with Crippen LogP contribution in [0.4, 0.5) is 0 Å². The van der Waals surface area contributed by atoms with Gasteiger partial charge >= 0.3 is 5.97 Å². The van der Waals surface area contributed by atoms with E-state index in [9.17, 15) is 14.4 Å². The largest absolute Gasteiger partial charge is 0.493 e. The van der Waals surface area contributed by atoms with Crippen LogP contribution in [-0.2, 0) is 4.79 Å². The zero-order valence-electron chi connectivity index (χ0n) is 21.0. The second-order valence-electron chi connectivity index (χ2n) is 8.39. The molecule has 2 amide bonds. The minimum atomic E-state index is -0.481. The van der Waals surface area contributed by atoms with Crippen molar-refractivity contribution in [1.82, 2.24) is 10.7 Å². The summed E-state index contributed by atoms with van der Waals surface area (Å²) >= 11 is 0. The molecule has 0 radical (unpaired) electrons. The van der Waals surface area contributed by atoms with Crippen LogP contribution in [0.1, 0.15) is 57.5 Å². The summed E-state index contributed by atoms with van der Waals surface area (Å²) in [6, 6.07) is 21.1. The number of hydrogen-bond donors (Lipinski definition) is 2. The average Bonchev–Trinajstić information content (AvgIpc) is 2.92. The molecule has 3 aromatic carbocycles. The molecule has 0 fully saturated rings. The normalized spacial score (nSPS) is 10.6. The van der Waals surface area contributed by atoms with Crippen molar-refractivity contribution in [2.24, 2.45) is 5.10 Å². The van der Waals surface area contributed by atoms with Gasteiger partial charge in [-0.15, -0.1) is 0 Å². The lowest BCUT2D eigenvalue weighted by Crippen LogP contribution is -2.24. The fourth-order valence-electron chi connectivity index (χ4n) is 3.41. The highest BCUT2D eigenvalue weighted by Gasteiger charge is 2.13. The van der Waals surface area contributed by atoms with Gasteiger partial charge in [-0.25, -0.2) is 10.2 Å². The molecule has 0 saturated carbocycles. The number of esters is 1. The molecule has 0 aromatic heterocycles. The van der Waals surface area contributed by atoms with Crippen LogP contribution in [0.2, 0.25) is 0 Å². The summed E-state index contributed by atoms with van der Waals surface area (Å²) in [5.41, 5.74) is 5.30. The van der Waals surface area contributed by atoms with Crippen LogP contribution in [0.15, 0.2) is 77.9 Å². The van der Waals surface area contributed by atoms with Gasteiger partial charge in [0, 0.05) is 18.5 Å². The zero-order chi connectivity index (χ0) is 26.5. The number of ether oxygens (including phenoxy) is 2. The molecule has 0 aliphatic rings. The van der Waals surface area contributed by atoms with Gasteiger partial charge < -0.3 is 14.8 Å². The number of hydrogen-bond acceptors (Lipinski definition) is 6. The Hall–Kier alpha value is -4.46. The highest BCUT2D eigenvalue weighted by molar-refractivity contribution is 5.94. The average molecular weight is 502 g/mol. The quantitative estimate of drug-likeness (QED) is 0.123. The topological polar surface area (TPSA) is 106 Å². The molecule has 8 heteroatoms. The van der Waals surface area contributed by atoms with Crippen molar-refractivity contribution < 1.29 is 23.9 Å². The summed E-state index contributed by atoms with van der Waals surface area (Å²) in [6.07, 6.45) is 4.12. The molecule has 192 valence electrons. The van der Waals surface area contributed by atoms with E-state index in [0.717, 1.165) is 18.4 Å². The van der Waals surface area contributed by atoms with Gasteiger partial charge in [0.25, 0.3) is 5.91 Å². The Morgan fingerprint density at radius 2 is 1.62 bits per heavy atom. The summed E-state index contributed by atoms with van der Waals surface area (Å²) in [7, 11) is 1.48. The lowest BCUT2D eigenvalue weighted by molar-refractivity contribution is -0.121. The Morgan fingerprint density at radius 1 is 0.865 bits per heavy atom. The van der Waals surface area contributed by atoms with E-state index in [0.29, 0.717) is 41.8 Å². The third-order valence-corrected chi connectivity index (χ3v) is 5.48. The molecule has 0 atom stereocenters. The molecule has 0 bridgehead atoms. The maximum atomic E-state index is 12.4. The summed E-state index contributed by atoms with van der Waals surface area (Å²) in [5, 5.41) is 6.86. The van der Waals surface area contributed by atoms with Crippen molar-refractivity contribution in [3.8, 4) is 11.5 Å². The first kappa shape index (κ1) is 27.1. The first-order chi connectivity index (χ1) is 18.0. The zero-order valence-corrected chi connectivity index (χ0v) is 21.0. The van der Waals surface area contributed by atoms with Crippen LogP contribution >= 0.6 is 0 Å². The van der Waals surface area contributed by atoms with Crippen molar-refractivity contribution in [3.05, 3.63) is 95.1 Å². The summed E-state index contributed by atoms with van der Waals surface area (Å²) < 4.78 is 10.8. The Balaban J connectivity index is 1.37. The number of carbonyl (C=O) groups is 3. The summed E-state index contributed by atoms with van der Waals surface area (Å²) in [6.45, 7) is 2.50. The van der Waals surface area contributed by atoms with Crippen LogP contribution in [0.25, 0.3) is 0 Å². The molecule has 3 aromatic rings. The maximum absolute atomic E-state index is 12.4. The van der Waals surface area contributed by atoms with Gasteiger partial charge in [0.2, 0.25) is 5.91 Å².